The maximum absolute atomic E-state index is 11.1. The number of carboxylic acids is 1. The van der Waals surface area contributed by atoms with Crippen molar-refractivity contribution in [1.82, 2.24) is 4.98 Å². The lowest BCUT2D eigenvalue weighted by Crippen LogP contribution is -2.11. The molecule has 1 aromatic rings. The number of rotatable bonds is 3. The summed E-state index contributed by atoms with van der Waals surface area (Å²) in [5, 5.41) is 11.1. The number of nitrogens with one attached hydrogen (secondary N) is 1. The first-order chi connectivity index (χ1) is 7.13. The quantitative estimate of drug-likeness (QED) is 0.712. The molecule has 0 radical (unpaired) electrons. The average molecular weight is 204 g/mol. The van der Waals surface area contributed by atoms with E-state index in [2.05, 4.69) is 16.2 Å². The number of carbonyl (C=O) groups is 2. The highest BCUT2D eigenvalue weighted by atomic mass is 16.4. The number of carbonyl (C=O) groups excluding carboxylic acids is 1. The van der Waals surface area contributed by atoms with Gasteiger partial charge in [-0.05, 0) is 6.07 Å². The molecule has 1 aromatic heterocycles. The summed E-state index contributed by atoms with van der Waals surface area (Å²) < 4.78 is 0. The Hall–Kier alpha value is -2.35. The van der Waals surface area contributed by atoms with Gasteiger partial charge in [0.2, 0.25) is 5.91 Å². The molecule has 0 aromatic carbocycles. The molecule has 0 aliphatic heterocycles. The Kier molecular flexibility index (Phi) is 3.41. The van der Waals surface area contributed by atoms with Crippen LogP contribution in [0, 0.1) is 12.3 Å². The summed E-state index contributed by atoms with van der Waals surface area (Å²) in [5.74, 6) is 0.702. The molecule has 2 N–H and O–H groups in total. The predicted octanol–water partition coefficient (Wildman–Crippen LogP) is 0.742. The number of pyridine rings is 1. The number of aromatic nitrogens is 1. The van der Waals surface area contributed by atoms with Crippen LogP contribution in [0.1, 0.15) is 16.8 Å². The molecule has 0 saturated carbocycles. The van der Waals surface area contributed by atoms with Gasteiger partial charge in [0.05, 0.1) is 23.9 Å². The molecule has 1 amide bonds. The van der Waals surface area contributed by atoms with E-state index in [0.29, 0.717) is 5.69 Å². The Morgan fingerprint density at radius 3 is 2.87 bits per heavy atom. The van der Waals surface area contributed by atoms with Gasteiger partial charge in [0.1, 0.15) is 0 Å². The molecule has 0 unspecified atom stereocenters. The topological polar surface area (TPSA) is 79.3 Å². The zero-order chi connectivity index (χ0) is 11.3. The Morgan fingerprint density at radius 2 is 2.27 bits per heavy atom. The van der Waals surface area contributed by atoms with Gasteiger partial charge in [-0.3, -0.25) is 9.78 Å². The molecular weight excluding hydrogens is 196 g/mol. The maximum atomic E-state index is 11.1. The average Bonchev–Trinajstić information content (AvgIpc) is 2.18. The standard InChI is InChI=1S/C10H8N2O3/c1-2-3-9(13)12-8-4-7(10(14)15)5-11-6-8/h1,4-6H,3H2,(H,12,13)(H,14,15). The molecule has 0 aliphatic rings. The summed E-state index contributed by atoms with van der Waals surface area (Å²) in [4.78, 5) is 25.3. The second kappa shape index (κ2) is 4.77. The van der Waals surface area contributed by atoms with Crippen LogP contribution in [0.4, 0.5) is 5.69 Å². The zero-order valence-electron chi connectivity index (χ0n) is 7.73. The van der Waals surface area contributed by atoms with Crippen molar-refractivity contribution >= 4 is 17.6 Å². The smallest absolute Gasteiger partial charge is 0.337 e. The number of nitrogens with zero attached hydrogens (tertiary/aromatic N) is 1. The number of carboxylic acid groups (broad SMARTS) is 1. The predicted molar refractivity (Wildman–Crippen MR) is 53.3 cm³/mol. The van der Waals surface area contributed by atoms with E-state index in [-0.39, 0.29) is 17.9 Å². The Labute approximate surface area is 86.1 Å². The van der Waals surface area contributed by atoms with E-state index in [1.165, 1.54) is 18.5 Å². The highest BCUT2D eigenvalue weighted by Gasteiger charge is 2.05. The van der Waals surface area contributed by atoms with Crippen LogP contribution in [0.5, 0.6) is 0 Å². The lowest BCUT2D eigenvalue weighted by molar-refractivity contribution is -0.115. The number of anilines is 1. The van der Waals surface area contributed by atoms with Crippen molar-refractivity contribution in [3.8, 4) is 12.3 Å². The fraction of sp³-hybridized carbons (Fsp3) is 0.100. The van der Waals surface area contributed by atoms with E-state index in [1.807, 2.05) is 0 Å². The summed E-state index contributed by atoms with van der Waals surface area (Å²) in [6, 6.07) is 1.31. The molecule has 76 valence electrons. The van der Waals surface area contributed by atoms with Gasteiger partial charge >= 0.3 is 5.97 Å². The van der Waals surface area contributed by atoms with Crippen LogP contribution in [0.15, 0.2) is 18.5 Å². The number of amides is 1. The van der Waals surface area contributed by atoms with Gasteiger partial charge in [-0.2, -0.15) is 0 Å². The first-order valence-electron chi connectivity index (χ1n) is 4.05. The maximum Gasteiger partial charge on any atom is 0.337 e. The van der Waals surface area contributed by atoms with E-state index >= 15 is 0 Å². The summed E-state index contributed by atoms with van der Waals surface area (Å²) in [5.41, 5.74) is 0.323. The summed E-state index contributed by atoms with van der Waals surface area (Å²) >= 11 is 0. The van der Waals surface area contributed by atoms with E-state index in [9.17, 15) is 9.59 Å². The molecule has 0 aliphatic carbocycles. The molecule has 5 nitrogen and oxygen atoms in total. The second-order valence-electron chi connectivity index (χ2n) is 2.70. The van der Waals surface area contributed by atoms with Crippen LogP contribution in [-0.2, 0) is 4.79 Å². The summed E-state index contributed by atoms with van der Waals surface area (Å²) in [6.07, 6.45) is 7.42. The van der Waals surface area contributed by atoms with Crippen molar-refractivity contribution in [3.05, 3.63) is 24.0 Å². The van der Waals surface area contributed by atoms with Gasteiger partial charge in [0, 0.05) is 6.20 Å². The molecule has 0 bridgehead atoms. The zero-order valence-corrected chi connectivity index (χ0v) is 7.73. The van der Waals surface area contributed by atoms with Gasteiger partial charge in [0.25, 0.3) is 0 Å². The fourth-order valence-corrected chi connectivity index (χ4v) is 0.923. The van der Waals surface area contributed by atoms with Gasteiger partial charge in [-0.1, -0.05) is 5.92 Å². The van der Waals surface area contributed by atoms with Gasteiger partial charge < -0.3 is 10.4 Å². The van der Waals surface area contributed by atoms with Crippen molar-refractivity contribution in [1.29, 1.82) is 0 Å². The van der Waals surface area contributed by atoms with Crippen LogP contribution in [-0.4, -0.2) is 22.0 Å². The van der Waals surface area contributed by atoms with E-state index < -0.39 is 5.97 Å². The summed E-state index contributed by atoms with van der Waals surface area (Å²) in [7, 11) is 0. The summed E-state index contributed by atoms with van der Waals surface area (Å²) in [6.45, 7) is 0. The molecule has 1 heterocycles. The van der Waals surface area contributed by atoms with Crippen molar-refractivity contribution in [2.75, 3.05) is 5.32 Å². The normalized spacial score (nSPS) is 9.00. The van der Waals surface area contributed by atoms with Crippen LogP contribution < -0.4 is 5.32 Å². The lowest BCUT2D eigenvalue weighted by Gasteiger charge is -2.02. The number of terminal acetylenes is 1. The van der Waals surface area contributed by atoms with Crippen LogP contribution in [0.25, 0.3) is 0 Å². The third-order valence-corrected chi connectivity index (χ3v) is 1.53. The van der Waals surface area contributed by atoms with E-state index in [1.54, 1.807) is 0 Å². The van der Waals surface area contributed by atoms with Gasteiger partial charge in [-0.15, -0.1) is 6.42 Å². The van der Waals surface area contributed by atoms with Crippen molar-refractivity contribution < 1.29 is 14.7 Å². The number of hydrogen-bond acceptors (Lipinski definition) is 3. The van der Waals surface area contributed by atoms with Crippen molar-refractivity contribution in [2.24, 2.45) is 0 Å². The van der Waals surface area contributed by atoms with Gasteiger partial charge in [0.15, 0.2) is 0 Å². The molecule has 5 heteroatoms. The van der Waals surface area contributed by atoms with Gasteiger partial charge in [-0.25, -0.2) is 4.79 Å². The van der Waals surface area contributed by atoms with Crippen molar-refractivity contribution in [2.45, 2.75) is 6.42 Å². The Bertz CT molecular complexity index is 435. The highest BCUT2D eigenvalue weighted by Crippen LogP contribution is 2.08. The molecule has 1 rings (SSSR count). The molecule has 0 spiro atoms. The van der Waals surface area contributed by atoms with Crippen LogP contribution in [0.3, 0.4) is 0 Å². The lowest BCUT2D eigenvalue weighted by atomic mass is 10.2. The monoisotopic (exact) mass is 204 g/mol. The number of aromatic carboxylic acids is 1. The molecule has 0 saturated heterocycles. The highest BCUT2D eigenvalue weighted by molar-refractivity contribution is 5.94. The minimum Gasteiger partial charge on any atom is -0.478 e. The molecule has 0 atom stereocenters. The van der Waals surface area contributed by atoms with Crippen molar-refractivity contribution in [3.63, 3.8) is 0 Å². The first kappa shape index (κ1) is 10.7. The Balaban J connectivity index is 2.79. The van der Waals surface area contributed by atoms with E-state index in [0.717, 1.165) is 0 Å². The minimum atomic E-state index is -1.10. The van der Waals surface area contributed by atoms with Crippen LogP contribution in [0.2, 0.25) is 0 Å². The molecule has 0 fully saturated rings. The third-order valence-electron chi connectivity index (χ3n) is 1.53. The number of hydrogen-bond donors (Lipinski definition) is 2. The molecule has 15 heavy (non-hydrogen) atoms. The first-order valence-corrected chi connectivity index (χ1v) is 4.05. The SMILES string of the molecule is C#CCC(=O)Nc1cncc(C(=O)O)c1. The minimum absolute atomic E-state index is 0.00788. The largest absolute Gasteiger partial charge is 0.478 e. The van der Waals surface area contributed by atoms with E-state index in [4.69, 9.17) is 11.5 Å². The third kappa shape index (κ3) is 3.12. The van der Waals surface area contributed by atoms with Crippen LogP contribution >= 0.6 is 0 Å². The Morgan fingerprint density at radius 1 is 1.53 bits per heavy atom. The second-order valence-corrected chi connectivity index (χ2v) is 2.70. The molecular formula is C10H8N2O3. The fourth-order valence-electron chi connectivity index (χ4n) is 0.923.